The molecule has 0 radical (unpaired) electrons. The zero-order chi connectivity index (χ0) is 20.8. The molecule has 1 aliphatic rings. The number of nitrogens with one attached hydrogen (secondary N) is 1. The second-order valence-corrected chi connectivity index (χ2v) is 8.33. The van der Waals surface area contributed by atoms with Gasteiger partial charge in [0.15, 0.2) is 0 Å². The van der Waals surface area contributed by atoms with Crippen LogP contribution < -0.4 is 5.32 Å². The van der Waals surface area contributed by atoms with Gasteiger partial charge in [-0.05, 0) is 29.7 Å². The Morgan fingerprint density at radius 1 is 1.17 bits per heavy atom. The third-order valence-electron chi connectivity index (χ3n) is 5.25. The second-order valence-electron chi connectivity index (χ2n) is 7.47. The van der Waals surface area contributed by atoms with Crippen LogP contribution in [0.2, 0.25) is 0 Å². The Morgan fingerprint density at radius 2 is 2.00 bits per heavy atom. The molecule has 1 fully saturated rings. The SMILES string of the molecule is CCc1ccccc1NC(=O)Cc1csc(-c2cccc(CN3CCOCC3)c2)n1. The van der Waals surface area contributed by atoms with Crippen molar-refractivity contribution in [2.75, 3.05) is 31.6 Å². The summed E-state index contributed by atoms with van der Waals surface area (Å²) in [6, 6.07) is 16.5. The Bertz CT molecular complexity index is 995. The Balaban J connectivity index is 1.40. The lowest BCUT2D eigenvalue weighted by Crippen LogP contribution is -2.35. The zero-order valence-electron chi connectivity index (χ0n) is 17.3. The molecule has 4 rings (SSSR count). The first-order valence-corrected chi connectivity index (χ1v) is 11.3. The number of nitrogens with zero attached hydrogens (tertiary/aromatic N) is 2. The zero-order valence-corrected chi connectivity index (χ0v) is 18.1. The molecule has 156 valence electrons. The number of aryl methyl sites for hydroxylation is 1. The maximum absolute atomic E-state index is 12.5. The summed E-state index contributed by atoms with van der Waals surface area (Å²) in [7, 11) is 0. The number of anilines is 1. The van der Waals surface area contributed by atoms with Crippen LogP contribution in [0.5, 0.6) is 0 Å². The van der Waals surface area contributed by atoms with Gasteiger partial charge in [0.05, 0.1) is 25.3 Å². The van der Waals surface area contributed by atoms with Gasteiger partial charge in [0.25, 0.3) is 0 Å². The fourth-order valence-electron chi connectivity index (χ4n) is 3.65. The van der Waals surface area contributed by atoms with E-state index in [1.54, 1.807) is 11.3 Å². The maximum atomic E-state index is 12.5. The minimum Gasteiger partial charge on any atom is -0.379 e. The third kappa shape index (κ3) is 5.33. The molecule has 0 saturated carbocycles. The van der Waals surface area contributed by atoms with Gasteiger partial charge in [-0.2, -0.15) is 0 Å². The lowest BCUT2D eigenvalue weighted by atomic mass is 10.1. The van der Waals surface area contributed by atoms with Crippen molar-refractivity contribution in [1.82, 2.24) is 9.88 Å². The number of morpholine rings is 1. The number of ether oxygens (including phenoxy) is 1. The van der Waals surface area contributed by atoms with Crippen molar-refractivity contribution >= 4 is 22.9 Å². The molecule has 1 amide bonds. The highest BCUT2D eigenvalue weighted by Gasteiger charge is 2.13. The van der Waals surface area contributed by atoms with Crippen molar-refractivity contribution in [2.45, 2.75) is 26.3 Å². The van der Waals surface area contributed by atoms with Crippen molar-refractivity contribution in [2.24, 2.45) is 0 Å². The molecular weight excluding hydrogens is 394 g/mol. The Hall–Kier alpha value is -2.54. The van der Waals surface area contributed by atoms with Crippen LogP contribution in [0.4, 0.5) is 5.69 Å². The van der Waals surface area contributed by atoms with E-state index in [1.165, 1.54) is 5.56 Å². The van der Waals surface area contributed by atoms with Gasteiger partial charge in [-0.15, -0.1) is 11.3 Å². The Kier molecular flexibility index (Phi) is 6.89. The van der Waals surface area contributed by atoms with Crippen molar-refractivity contribution < 1.29 is 9.53 Å². The van der Waals surface area contributed by atoms with E-state index in [4.69, 9.17) is 9.72 Å². The van der Waals surface area contributed by atoms with Crippen LogP contribution in [0.15, 0.2) is 53.9 Å². The van der Waals surface area contributed by atoms with Crippen LogP contribution >= 0.6 is 11.3 Å². The molecule has 1 N–H and O–H groups in total. The van der Waals surface area contributed by atoms with Gasteiger partial charge in [0.1, 0.15) is 5.01 Å². The number of carbonyl (C=O) groups excluding carboxylic acids is 1. The first kappa shape index (κ1) is 20.7. The number of benzene rings is 2. The molecule has 3 aromatic rings. The van der Waals surface area contributed by atoms with Crippen molar-refractivity contribution in [3.8, 4) is 10.6 Å². The van der Waals surface area contributed by atoms with Gasteiger partial charge in [-0.1, -0.05) is 43.3 Å². The van der Waals surface area contributed by atoms with E-state index < -0.39 is 0 Å². The number of hydrogen-bond donors (Lipinski definition) is 1. The molecule has 6 heteroatoms. The van der Waals surface area contributed by atoms with Crippen molar-refractivity contribution in [3.63, 3.8) is 0 Å². The number of aromatic nitrogens is 1. The molecule has 1 saturated heterocycles. The molecular formula is C24H27N3O2S. The van der Waals surface area contributed by atoms with Crippen molar-refractivity contribution in [3.05, 3.63) is 70.7 Å². The van der Waals surface area contributed by atoms with Crippen LogP contribution in [-0.4, -0.2) is 42.1 Å². The number of rotatable bonds is 7. The summed E-state index contributed by atoms with van der Waals surface area (Å²) in [5, 5.41) is 5.96. The van der Waals surface area contributed by atoms with Gasteiger partial charge in [0, 0.05) is 36.3 Å². The largest absolute Gasteiger partial charge is 0.379 e. The summed E-state index contributed by atoms with van der Waals surface area (Å²) in [4.78, 5) is 19.6. The van der Waals surface area contributed by atoms with E-state index in [2.05, 4.69) is 41.4 Å². The minimum atomic E-state index is -0.0335. The highest BCUT2D eigenvalue weighted by molar-refractivity contribution is 7.13. The monoisotopic (exact) mass is 421 g/mol. The van der Waals surface area contributed by atoms with Gasteiger partial charge >= 0.3 is 0 Å². The number of hydrogen-bond acceptors (Lipinski definition) is 5. The molecule has 0 atom stereocenters. The molecule has 1 aliphatic heterocycles. The molecule has 0 bridgehead atoms. The van der Waals surface area contributed by atoms with E-state index in [1.807, 2.05) is 29.6 Å². The van der Waals surface area contributed by atoms with Gasteiger partial charge < -0.3 is 10.1 Å². The summed E-state index contributed by atoms with van der Waals surface area (Å²) < 4.78 is 5.43. The lowest BCUT2D eigenvalue weighted by molar-refractivity contribution is -0.115. The normalized spacial score (nSPS) is 14.6. The fourth-order valence-corrected chi connectivity index (χ4v) is 4.47. The molecule has 2 heterocycles. The molecule has 0 aliphatic carbocycles. The summed E-state index contributed by atoms with van der Waals surface area (Å²) in [6.45, 7) is 6.57. The van der Waals surface area contributed by atoms with E-state index in [0.29, 0.717) is 0 Å². The number of thiazole rings is 1. The fraction of sp³-hybridized carbons (Fsp3) is 0.333. The minimum absolute atomic E-state index is 0.0335. The predicted molar refractivity (Wildman–Crippen MR) is 122 cm³/mol. The number of carbonyl (C=O) groups is 1. The second kappa shape index (κ2) is 9.98. The lowest BCUT2D eigenvalue weighted by Gasteiger charge is -2.26. The Morgan fingerprint density at radius 3 is 2.83 bits per heavy atom. The standard InChI is InChI=1S/C24H27N3O2S/c1-2-19-7-3-4-9-22(19)26-23(28)15-21-17-30-24(25-21)20-8-5-6-18(14-20)16-27-10-12-29-13-11-27/h3-9,14,17H,2,10-13,15-16H2,1H3,(H,26,28). The molecule has 2 aromatic carbocycles. The molecule has 5 nitrogen and oxygen atoms in total. The molecule has 0 unspecified atom stereocenters. The quantitative estimate of drug-likeness (QED) is 0.615. The summed E-state index contributed by atoms with van der Waals surface area (Å²) in [5.41, 5.74) is 5.21. The third-order valence-corrected chi connectivity index (χ3v) is 6.19. The summed E-state index contributed by atoms with van der Waals surface area (Å²) in [5.74, 6) is -0.0335. The van der Waals surface area contributed by atoms with Crippen molar-refractivity contribution in [1.29, 1.82) is 0 Å². The molecule has 0 spiro atoms. The van der Waals surface area contributed by atoms with E-state index in [0.717, 1.165) is 66.8 Å². The topological polar surface area (TPSA) is 54.5 Å². The highest BCUT2D eigenvalue weighted by atomic mass is 32.1. The average molecular weight is 422 g/mol. The molecule has 30 heavy (non-hydrogen) atoms. The average Bonchev–Trinajstić information content (AvgIpc) is 3.23. The molecule has 1 aromatic heterocycles. The van der Waals surface area contributed by atoms with Gasteiger partial charge in [-0.25, -0.2) is 4.98 Å². The first-order valence-electron chi connectivity index (χ1n) is 10.4. The van der Waals surface area contributed by atoms with Gasteiger partial charge in [-0.3, -0.25) is 9.69 Å². The van der Waals surface area contributed by atoms with Crippen LogP contribution in [0.25, 0.3) is 10.6 Å². The number of para-hydroxylation sites is 1. The van der Waals surface area contributed by atoms with Crippen LogP contribution in [0, 0.1) is 0 Å². The van der Waals surface area contributed by atoms with Crippen LogP contribution in [0.1, 0.15) is 23.7 Å². The summed E-state index contributed by atoms with van der Waals surface area (Å²) in [6.07, 6.45) is 1.17. The first-order chi connectivity index (χ1) is 14.7. The summed E-state index contributed by atoms with van der Waals surface area (Å²) >= 11 is 1.59. The van der Waals surface area contributed by atoms with E-state index >= 15 is 0 Å². The predicted octanol–water partition coefficient (Wildman–Crippen LogP) is 4.39. The highest BCUT2D eigenvalue weighted by Crippen LogP contribution is 2.25. The van der Waals surface area contributed by atoms with E-state index in [-0.39, 0.29) is 12.3 Å². The van der Waals surface area contributed by atoms with Crippen LogP contribution in [-0.2, 0) is 28.9 Å². The van der Waals surface area contributed by atoms with Crippen LogP contribution in [0.3, 0.4) is 0 Å². The van der Waals surface area contributed by atoms with E-state index in [9.17, 15) is 4.79 Å². The van der Waals surface area contributed by atoms with Gasteiger partial charge in [0.2, 0.25) is 5.91 Å². The Labute approximate surface area is 181 Å². The smallest absolute Gasteiger partial charge is 0.230 e. The maximum Gasteiger partial charge on any atom is 0.230 e. The number of amides is 1.